The lowest BCUT2D eigenvalue weighted by atomic mass is 9.98. The van der Waals surface area contributed by atoms with Gasteiger partial charge < -0.3 is 10.6 Å². The van der Waals surface area contributed by atoms with E-state index in [2.05, 4.69) is 56.0 Å². The van der Waals surface area contributed by atoms with Crippen molar-refractivity contribution in [3.63, 3.8) is 0 Å². The highest BCUT2D eigenvalue weighted by molar-refractivity contribution is 6.04. The number of nitrogens with one attached hydrogen (secondary N) is 2. The fourth-order valence-corrected chi connectivity index (χ4v) is 5.51. The molecule has 1 aliphatic carbocycles. The molecule has 0 bridgehead atoms. The van der Waals surface area contributed by atoms with E-state index in [1.807, 2.05) is 30.3 Å². The molecule has 1 aliphatic rings. The van der Waals surface area contributed by atoms with Gasteiger partial charge in [0.05, 0.1) is 42.4 Å². The van der Waals surface area contributed by atoms with Crippen molar-refractivity contribution in [1.29, 1.82) is 5.26 Å². The Hall–Kier alpha value is -5.69. The van der Waals surface area contributed by atoms with Crippen LogP contribution in [-0.2, 0) is 0 Å². The average molecular weight is 597 g/mol. The molecule has 1 fully saturated rings. The van der Waals surface area contributed by atoms with Gasteiger partial charge in [0.1, 0.15) is 23.9 Å². The minimum atomic E-state index is -1.64. The predicted octanol–water partition coefficient (Wildman–Crippen LogP) is 7.39. The second-order valence-electron chi connectivity index (χ2n) is 11.0. The van der Waals surface area contributed by atoms with E-state index in [9.17, 15) is 11.0 Å². The Morgan fingerprint density at radius 1 is 1.02 bits per heavy atom. The average Bonchev–Trinajstić information content (AvgIpc) is 3.83. The van der Waals surface area contributed by atoms with Gasteiger partial charge in [-0.2, -0.15) is 5.26 Å². The first-order chi connectivity index (χ1) is 22.5. The van der Waals surface area contributed by atoms with Gasteiger partial charge in [-0.1, -0.05) is 54.6 Å². The van der Waals surface area contributed by atoms with E-state index in [0.29, 0.717) is 50.2 Å². The molecule has 2 N–H and O–H groups in total. The molecule has 0 saturated heterocycles. The zero-order valence-corrected chi connectivity index (χ0v) is 24.5. The van der Waals surface area contributed by atoms with Crippen molar-refractivity contribution in [2.24, 2.45) is 0 Å². The largest absolute Gasteiger partial charge is 0.377 e. The van der Waals surface area contributed by atoms with Gasteiger partial charge in [0, 0.05) is 40.8 Å². The van der Waals surface area contributed by atoms with Gasteiger partial charge in [-0.3, -0.25) is 4.98 Å². The molecular weight excluding hydrogens is 565 g/mol. The molecular formula is C35H30FN9. The van der Waals surface area contributed by atoms with Crippen molar-refractivity contribution in [2.45, 2.75) is 44.3 Å². The van der Waals surface area contributed by atoms with E-state index >= 15 is 0 Å². The number of nitrogens with zero attached hydrogens (tertiary/aromatic N) is 7. The summed E-state index contributed by atoms with van der Waals surface area (Å²) in [6.07, 6.45) is 11.0. The van der Waals surface area contributed by atoms with E-state index in [1.54, 1.807) is 41.6 Å². The Balaban J connectivity index is 1.42. The Labute approximate surface area is 261 Å². The van der Waals surface area contributed by atoms with Crippen LogP contribution in [-0.4, -0.2) is 29.9 Å². The summed E-state index contributed by atoms with van der Waals surface area (Å²) in [6.45, 7) is 2.09. The number of hydrogen-bond acceptors (Lipinski definition) is 8. The third-order valence-electron chi connectivity index (χ3n) is 7.98. The van der Waals surface area contributed by atoms with Crippen molar-refractivity contribution in [3.8, 4) is 17.2 Å². The normalized spacial score (nSPS) is 15.1. The van der Waals surface area contributed by atoms with E-state index in [4.69, 9.17) is 4.98 Å². The highest BCUT2D eigenvalue weighted by Crippen LogP contribution is 2.39. The van der Waals surface area contributed by atoms with Crippen molar-refractivity contribution in [3.05, 3.63) is 126 Å². The van der Waals surface area contributed by atoms with Crippen molar-refractivity contribution < 1.29 is 5.76 Å². The molecule has 3 aromatic carbocycles. The minimum absolute atomic E-state index is 0.0778. The summed E-state index contributed by atoms with van der Waals surface area (Å²) in [5.41, 5.74) is 5.58. The quantitative estimate of drug-likeness (QED) is 0.168. The summed E-state index contributed by atoms with van der Waals surface area (Å²) < 4.78 is 25.6. The van der Waals surface area contributed by atoms with Crippen LogP contribution < -0.4 is 10.6 Å². The van der Waals surface area contributed by atoms with Crippen LogP contribution in [0.3, 0.4) is 0 Å². The fraction of sp³-hybridized carbons (Fsp3) is 0.200. The number of aromatic nitrogens is 6. The van der Waals surface area contributed by atoms with Crippen LogP contribution >= 0.6 is 0 Å². The van der Waals surface area contributed by atoms with Crippen LogP contribution in [0.4, 0.5) is 15.8 Å². The van der Waals surface area contributed by atoms with Gasteiger partial charge in [0.15, 0.2) is 0 Å². The monoisotopic (exact) mass is 596 g/mol. The zero-order valence-electron chi connectivity index (χ0n) is 25.5. The van der Waals surface area contributed by atoms with Crippen LogP contribution in [0, 0.1) is 17.1 Å². The lowest BCUT2D eigenvalue weighted by Crippen LogP contribution is -2.14. The number of fused-ring (bicyclic) bond motifs is 1. The topological polar surface area (TPSA) is 117 Å². The molecule has 1 saturated carbocycles. The Morgan fingerprint density at radius 3 is 2.51 bits per heavy atom. The molecule has 0 aliphatic heterocycles. The molecule has 7 rings (SSSR count). The van der Waals surface area contributed by atoms with Crippen molar-refractivity contribution in [1.82, 2.24) is 29.9 Å². The van der Waals surface area contributed by atoms with Gasteiger partial charge in [-0.25, -0.2) is 19.0 Å². The van der Waals surface area contributed by atoms with E-state index in [1.165, 1.54) is 18.5 Å². The van der Waals surface area contributed by atoms with Gasteiger partial charge in [0.2, 0.25) is 0 Å². The fourth-order valence-electron chi connectivity index (χ4n) is 5.51. The Morgan fingerprint density at radius 2 is 1.80 bits per heavy atom. The summed E-state index contributed by atoms with van der Waals surface area (Å²) in [5, 5.41) is 26.6. The van der Waals surface area contributed by atoms with Gasteiger partial charge in [0.25, 0.3) is 0 Å². The van der Waals surface area contributed by atoms with Gasteiger partial charge >= 0.3 is 0 Å². The summed E-state index contributed by atoms with van der Waals surface area (Å²) in [6, 6.07) is 20.5. The maximum atomic E-state index is 14.0. The van der Waals surface area contributed by atoms with Crippen molar-refractivity contribution in [2.75, 3.05) is 10.6 Å². The molecule has 0 unspecified atom stereocenters. The maximum absolute atomic E-state index is 14.0. The molecule has 0 spiro atoms. The van der Waals surface area contributed by atoms with Crippen molar-refractivity contribution >= 4 is 22.3 Å². The number of nitriles is 1. The smallest absolute Gasteiger partial charge is 0.123 e. The van der Waals surface area contributed by atoms with Crippen LogP contribution in [0.2, 0.25) is 0 Å². The first-order valence-electron chi connectivity index (χ1n) is 15.4. The standard InChI is InChI=1S/C35H30FN9/c1-2-31(22-6-4-3-5-7-22)42-33-24(16-37)19-40-35-29(25-17-38-21-39-18-25)14-27(15-30(33)35)41-34(23-8-10-26(36)11-9-23)32-20-45(44-43-32)28-12-13-28/h3-11,14-15,17-21,28,31,34,41H,2,12-13H2,1H3,(H,40,42)/t31-,34+/m1/s1/i34D. The number of benzene rings is 3. The van der Waals surface area contributed by atoms with Crippen LogP contribution in [0.25, 0.3) is 22.0 Å². The molecule has 9 nitrogen and oxygen atoms in total. The van der Waals surface area contributed by atoms with E-state index < -0.39 is 11.8 Å². The molecule has 3 heterocycles. The molecule has 0 amide bonds. The number of rotatable bonds is 10. The highest BCUT2D eigenvalue weighted by atomic mass is 19.1. The first-order valence-corrected chi connectivity index (χ1v) is 14.9. The lowest BCUT2D eigenvalue weighted by Gasteiger charge is -2.23. The van der Waals surface area contributed by atoms with Crippen LogP contribution in [0.1, 0.15) is 68.0 Å². The third-order valence-corrected chi connectivity index (χ3v) is 7.98. The first kappa shape index (κ1) is 26.9. The summed E-state index contributed by atoms with van der Waals surface area (Å²) in [4.78, 5) is 13.2. The SMILES string of the molecule is [2H][C@](Nc1cc(-c2cncnc2)c2ncc(C#N)c(N[C@H](CC)c3ccccc3)c2c1)(c1ccc(F)cc1)c1cn(C2CC2)nn1. The molecule has 0 radical (unpaired) electrons. The molecule has 45 heavy (non-hydrogen) atoms. The Kier molecular flexibility index (Phi) is 7.25. The predicted molar refractivity (Wildman–Crippen MR) is 171 cm³/mol. The second kappa shape index (κ2) is 12.1. The number of halogens is 1. The van der Waals surface area contributed by atoms with Crippen LogP contribution in [0.5, 0.6) is 0 Å². The maximum Gasteiger partial charge on any atom is 0.123 e. The van der Waals surface area contributed by atoms with E-state index in [0.717, 1.165) is 24.8 Å². The molecule has 222 valence electrons. The van der Waals surface area contributed by atoms with Gasteiger partial charge in [-0.15, -0.1) is 5.10 Å². The molecule has 10 heteroatoms. The second-order valence-corrected chi connectivity index (χ2v) is 11.0. The number of pyridine rings is 1. The summed E-state index contributed by atoms with van der Waals surface area (Å²) in [7, 11) is 0. The minimum Gasteiger partial charge on any atom is -0.377 e. The lowest BCUT2D eigenvalue weighted by molar-refractivity contribution is 0.610. The Bertz CT molecular complexity index is 2040. The zero-order chi connectivity index (χ0) is 31.7. The molecule has 2 atom stereocenters. The molecule has 6 aromatic rings. The highest BCUT2D eigenvalue weighted by Gasteiger charge is 2.27. The van der Waals surface area contributed by atoms with E-state index in [-0.39, 0.29) is 12.1 Å². The van der Waals surface area contributed by atoms with Gasteiger partial charge in [-0.05, 0) is 54.7 Å². The van der Waals surface area contributed by atoms with Crippen LogP contribution in [0.15, 0.2) is 97.8 Å². The third kappa shape index (κ3) is 5.80. The number of hydrogen-bond donors (Lipinski definition) is 2. The summed E-state index contributed by atoms with van der Waals surface area (Å²) >= 11 is 0. The summed E-state index contributed by atoms with van der Waals surface area (Å²) in [5.74, 6) is -0.403. The molecule has 3 aromatic heterocycles. The number of anilines is 2.